The molecule has 2 fully saturated rings. The molecule has 2 aliphatic rings. The number of methoxy groups -OCH3 is 1. The summed E-state index contributed by atoms with van der Waals surface area (Å²) < 4.78 is 45.0. The largest absolute Gasteiger partial charge is 0.405 e. The number of nitrogens with zero attached hydrogens (tertiary/aromatic N) is 1. The van der Waals surface area contributed by atoms with Crippen LogP contribution in [0.3, 0.4) is 0 Å². The van der Waals surface area contributed by atoms with Crippen molar-refractivity contribution in [2.24, 2.45) is 5.41 Å². The molecule has 1 heterocycles. The van der Waals surface area contributed by atoms with E-state index in [1.807, 2.05) is 0 Å². The van der Waals surface area contributed by atoms with Crippen LogP contribution in [0.4, 0.5) is 13.2 Å². The SMILES string of the molecule is COCCC1(C(=O)NCC(N2CCNCC2)C(F)(F)F)CCC1. The smallest absolute Gasteiger partial charge is 0.385 e. The van der Waals surface area contributed by atoms with Gasteiger partial charge < -0.3 is 15.4 Å². The highest BCUT2D eigenvalue weighted by atomic mass is 19.4. The molecule has 0 spiro atoms. The predicted molar refractivity (Wildman–Crippen MR) is 80.1 cm³/mol. The van der Waals surface area contributed by atoms with Crippen LogP contribution in [0, 0.1) is 5.41 Å². The summed E-state index contributed by atoms with van der Waals surface area (Å²) in [5, 5.41) is 5.60. The number of nitrogens with one attached hydrogen (secondary N) is 2. The minimum Gasteiger partial charge on any atom is -0.385 e. The Morgan fingerprint density at radius 2 is 2.00 bits per heavy atom. The van der Waals surface area contributed by atoms with Crippen LogP contribution in [0.2, 0.25) is 0 Å². The highest BCUT2D eigenvalue weighted by Gasteiger charge is 2.47. The van der Waals surface area contributed by atoms with Gasteiger partial charge in [-0.05, 0) is 19.3 Å². The molecule has 1 saturated heterocycles. The van der Waals surface area contributed by atoms with Crippen molar-refractivity contribution in [3.63, 3.8) is 0 Å². The first-order valence-corrected chi connectivity index (χ1v) is 8.18. The lowest BCUT2D eigenvalue weighted by Crippen LogP contribution is -2.59. The number of piperazine rings is 1. The summed E-state index contributed by atoms with van der Waals surface area (Å²) in [6.45, 7) is 1.84. The lowest BCUT2D eigenvalue weighted by Gasteiger charge is -2.41. The number of amides is 1. The Morgan fingerprint density at radius 1 is 1.35 bits per heavy atom. The zero-order chi connectivity index (χ0) is 16.9. The van der Waals surface area contributed by atoms with Crippen molar-refractivity contribution in [2.75, 3.05) is 46.4 Å². The average molecular weight is 337 g/mol. The highest BCUT2D eigenvalue weighted by molar-refractivity contribution is 5.83. The molecule has 1 atom stereocenters. The first-order valence-electron chi connectivity index (χ1n) is 8.18. The molecule has 0 bridgehead atoms. The minimum atomic E-state index is -4.34. The number of rotatable bonds is 7. The number of hydrogen-bond acceptors (Lipinski definition) is 4. The Labute approximate surface area is 134 Å². The Balaban J connectivity index is 1.93. The zero-order valence-electron chi connectivity index (χ0n) is 13.5. The monoisotopic (exact) mass is 337 g/mol. The molecule has 1 amide bonds. The molecule has 0 aromatic carbocycles. The van der Waals surface area contributed by atoms with Gasteiger partial charge in [0.15, 0.2) is 0 Å². The Kier molecular flexibility index (Phi) is 6.27. The van der Waals surface area contributed by atoms with Gasteiger partial charge in [0.25, 0.3) is 0 Å². The van der Waals surface area contributed by atoms with Crippen LogP contribution in [-0.2, 0) is 9.53 Å². The molecule has 0 radical (unpaired) electrons. The van der Waals surface area contributed by atoms with E-state index >= 15 is 0 Å². The summed E-state index contributed by atoms with van der Waals surface area (Å²) in [7, 11) is 1.56. The van der Waals surface area contributed by atoms with Crippen molar-refractivity contribution in [1.29, 1.82) is 0 Å². The molecular weight excluding hydrogens is 311 g/mol. The topological polar surface area (TPSA) is 53.6 Å². The van der Waals surface area contributed by atoms with E-state index in [-0.39, 0.29) is 12.5 Å². The molecule has 1 aliphatic carbocycles. The van der Waals surface area contributed by atoms with E-state index in [2.05, 4.69) is 10.6 Å². The van der Waals surface area contributed by atoms with Crippen molar-refractivity contribution >= 4 is 5.91 Å². The molecule has 2 rings (SSSR count). The van der Waals surface area contributed by atoms with Crippen molar-refractivity contribution < 1.29 is 22.7 Å². The van der Waals surface area contributed by atoms with Gasteiger partial charge in [-0.15, -0.1) is 0 Å². The average Bonchev–Trinajstić information content (AvgIpc) is 2.46. The second-order valence-electron chi connectivity index (χ2n) is 6.43. The molecule has 2 N–H and O–H groups in total. The quantitative estimate of drug-likeness (QED) is 0.732. The van der Waals surface area contributed by atoms with Crippen molar-refractivity contribution in [1.82, 2.24) is 15.5 Å². The zero-order valence-corrected chi connectivity index (χ0v) is 13.5. The van der Waals surface area contributed by atoms with Crippen molar-refractivity contribution in [2.45, 2.75) is 37.9 Å². The van der Waals surface area contributed by atoms with Crippen LogP contribution in [-0.4, -0.2) is 69.5 Å². The van der Waals surface area contributed by atoms with Crippen LogP contribution in [0.1, 0.15) is 25.7 Å². The lowest BCUT2D eigenvalue weighted by molar-refractivity contribution is -0.184. The van der Waals surface area contributed by atoms with Crippen molar-refractivity contribution in [3.05, 3.63) is 0 Å². The molecule has 134 valence electrons. The van der Waals surface area contributed by atoms with E-state index in [4.69, 9.17) is 4.74 Å². The van der Waals surface area contributed by atoms with Crippen molar-refractivity contribution in [3.8, 4) is 0 Å². The minimum absolute atomic E-state index is 0.259. The fourth-order valence-electron chi connectivity index (χ4n) is 3.31. The van der Waals surface area contributed by atoms with E-state index < -0.39 is 17.6 Å². The molecule has 1 aliphatic heterocycles. The van der Waals surface area contributed by atoms with E-state index in [0.717, 1.165) is 19.3 Å². The van der Waals surface area contributed by atoms with E-state index in [1.54, 1.807) is 7.11 Å². The maximum atomic E-state index is 13.3. The third-order valence-corrected chi connectivity index (χ3v) is 5.00. The fourth-order valence-corrected chi connectivity index (χ4v) is 3.31. The highest BCUT2D eigenvalue weighted by Crippen LogP contribution is 2.44. The Morgan fingerprint density at radius 3 is 2.48 bits per heavy atom. The molecule has 1 saturated carbocycles. The van der Waals surface area contributed by atoms with Gasteiger partial charge in [0.05, 0.1) is 5.41 Å². The van der Waals surface area contributed by atoms with Gasteiger partial charge in [-0.3, -0.25) is 9.69 Å². The third-order valence-electron chi connectivity index (χ3n) is 5.00. The maximum absolute atomic E-state index is 13.3. The summed E-state index contributed by atoms with van der Waals surface area (Å²) in [6, 6.07) is -1.62. The van der Waals surface area contributed by atoms with E-state index in [9.17, 15) is 18.0 Å². The Bertz CT molecular complexity index is 394. The molecule has 0 aromatic heterocycles. The fraction of sp³-hybridized carbons (Fsp3) is 0.933. The number of carbonyl (C=O) groups excluding carboxylic acids is 1. The van der Waals surface area contributed by atoms with Gasteiger partial charge in [0.2, 0.25) is 5.91 Å². The van der Waals surface area contributed by atoms with Crippen LogP contribution in [0.25, 0.3) is 0 Å². The summed E-state index contributed by atoms with van der Waals surface area (Å²) in [4.78, 5) is 13.8. The van der Waals surface area contributed by atoms with Crippen LogP contribution in [0.5, 0.6) is 0 Å². The van der Waals surface area contributed by atoms with E-state index in [1.165, 1.54) is 4.90 Å². The molecule has 8 heteroatoms. The molecule has 5 nitrogen and oxygen atoms in total. The van der Waals surface area contributed by atoms with Gasteiger partial charge in [-0.1, -0.05) is 6.42 Å². The Hall–Kier alpha value is -0.860. The summed E-state index contributed by atoms with van der Waals surface area (Å²) in [5.41, 5.74) is -0.532. The van der Waals surface area contributed by atoms with Gasteiger partial charge >= 0.3 is 6.18 Å². The summed E-state index contributed by atoms with van der Waals surface area (Å²) >= 11 is 0. The number of carbonyl (C=O) groups is 1. The standard InChI is InChI=1S/C15H26F3N3O2/c1-23-10-5-14(3-2-4-14)13(22)20-11-12(15(16,17)18)21-8-6-19-7-9-21/h12,19H,2-11H2,1H3,(H,20,22). The van der Waals surface area contributed by atoms with E-state index in [0.29, 0.717) is 39.2 Å². The maximum Gasteiger partial charge on any atom is 0.405 e. The summed E-state index contributed by atoms with van der Waals surface area (Å²) in [5.74, 6) is -0.259. The van der Waals surface area contributed by atoms with Gasteiger partial charge in [0, 0.05) is 46.4 Å². The normalized spacial score (nSPS) is 23.1. The number of halogens is 3. The first-order chi connectivity index (χ1) is 10.9. The lowest BCUT2D eigenvalue weighted by atomic mass is 9.66. The molecule has 23 heavy (non-hydrogen) atoms. The predicted octanol–water partition coefficient (Wildman–Crippen LogP) is 1.15. The third kappa shape index (κ3) is 4.58. The van der Waals surface area contributed by atoms with Gasteiger partial charge in [0.1, 0.15) is 6.04 Å². The summed E-state index contributed by atoms with van der Waals surface area (Å²) in [6.07, 6.45) is -1.37. The number of ether oxygens (including phenoxy) is 1. The number of hydrogen-bond donors (Lipinski definition) is 2. The molecule has 1 unspecified atom stereocenters. The van der Waals surface area contributed by atoms with Gasteiger partial charge in [-0.25, -0.2) is 0 Å². The van der Waals surface area contributed by atoms with Crippen LogP contribution >= 0.6 is 0 Å². The second kappa shape index (κ2) is 7.81. The second-order valence-corrected chi connectivity index (χ2v) is 6.43. The van der Waals surface area contributed by atoms with Gasteiger partial charge in [-0.2, -0.15) is 13.2 Å². The molecule has 0 aromatic rings. The van der Waals surface area contributed by atoms with Crippen LogP contribution in [0.15, 0.2) is 0 Å². The molecular formula is C15H26F3N3O2. The first kappa shape index (κ1) is 18.5. The van der Waals surface area contributed by atoms with Crippen LogP contribution < -0.4 is 10.6 Å². The number of alkyl halides is 3.